The van der Waals surface area contributed by atoms with Crippen LogP contribution in [0.15, 0.2) is 22.7 Å². The van der Waals surface area contributed by atoms with E-state index in [2.05, 4.69) is 21.2 Å². The number of halogens is 2. The van der Waals surface area contributed by atoms with Gasteiger partial charge in [0.05, 0.1) is 4.92 Å². The molecule has 104 valence electrons. The molecule has 7 heteroatoms. The molecule has 0 spiro atoms. The van der Waals surface area contributed by atoms with Gasteiger partial charge in [-0.15, -0.1) is 11.6 Å². The number of nitro benzene ring substituents is 1. The quantitative estimate of drug-likeness (QED) is 0.502. The number of hydrogen-bond donors (Lipinski definition) is 1. The topological polar surface area (TPSA) is 72.2 Å². The summed E-state index contributed by atoms with van der Waals surface area (Å²) in [5.41, 5.74) is 0.119. The van der Waals surface area contributed by atoms with Crippen molar-refractivity contribution in [2.75, 3.05) is 0 Å². The molecule has 0 fully saturated rings. The Bertz CT molecular complexity index is 494. The number of rotatable bonds is 5. The number of alkyl halides is 1. The smallest absolute Gasteiger partial charge is 0.271 e. The first-order valence-electron chi connectivity index (χ1n) is 5.69. The number of benzene rings is 1. The highest BCUT2D eigenvalue weighted by Crippen LogP contribution is 2.21. The van der Waals surface area contributed by atoms with Crippen molar-refractivity contribution in [1.82, 2.24) is 5.32 Å². The van der Waals surface area contributed by atoms with Gasteiger partial charge in [0.25, 0.3) is 11.6 Å². The van der Waals surface area contributed by atoms with E-state index < -0.39 is 4.92 Å². The van der Waals surface area contributed by atoms with Crippen molar-refractivity contribution in [2.45, 2.75) is 31.7 Å². The lowest BCUT2D eigenvalue weighted by atomic mass is 10.1. The van der Waals surface area contributed by atoms with Crippen LogP contribution in [0.2, 0.25) is 0 Å². The minimum absolute atomic E-state index is 0.0489. The molecule has 1 N–H and O–H groups in total. The highest BCUT2D eigenvalue weighted by atomic mass is 79.9. The van der Waals surface area contributed by atoms with E-state index in [1.54, 1.807) is 6.07 Å². The van der Waals surface area contributed by atoms with E-state index in [4.69, 9.17) is 11.6 Å². The van der Waals surface area contributed by atoms with Crippen LogP contribution in [0.5, 0.6) is 0 Å². The monoisotopic (exact) mass is 348 g/mol. The zero-order valence-corrected chi connectivity index (χ0v) is 12.9. The summed E-state index contributed by atoms with van der Waals surface area (Å²) in [6.07, 6.45) is 0.628. The Morgan fingerprint density at radius 1 is 1.47 bits per heavy atom. The number of nitrogens with one attached hydrogen (secondary N) is 1. The van der Waals surface area contributed by atoms with E-state index in [-0.39, 0.29) is 28.6 Å². The summed E-state index contributed by atoms with van der Waals surface area (Å²) in [5, 5.41) is 13.4. The average molecular weight is 350 g/mol. The molecule has 1 aromatic carbocycles. The molecule has 0 aliphatic heterocycles. The van der Waals surface area contributed by atoms with Crippen LogP contribution >= 0.6 is 27.5 Å². The molecule has 1 rings (SSSR count). The molecule has 0 aromatic heterocycles. The van der Waals surface area contributed by atoms with Gasteiger partial charge in [0.1, 0.15) is 0 Å². The Morgan fingerprint density at radius 3 is 2.63 bits per heavy atom. The summed E-state index contributed by atoms with van der Waals surface area (Å²) in [7, 11) is 0. The Balaban J connectivity index is 2.85. The van der Waals surface area contributed by atoms with Crippen molar-refractivity contribution in [2.24, 2.45) is 0 Å². The third-order valence-corrected chi connectivity index (χ3v) is 3.05. The van der Waals surface area contributed by atoms with Crippen LogP contribution in [0.1, 0.15) is 30.6 Å². The number of carbonyl (C=O) groups excluding carboxylic acids is 1. The third-order valence-electron chi connectivity index (χ3n) is 2.41. The normalized spacial score (nSPS) is 13.7. The van der Waals surface area contributed by atoms with Gasteiger partial charge in [-0.1, -0.05) is 15.9 Å². The van der Waals surface area contributed by atoms with Gasteiger partial charge in [-0.25, -0.2) is 0 Å². The molecule has 0 heterocycles. The molecular weight excluding hydrogens is 336 g/mol. The van der Waals surface area contributed by atoms with Crippen LogP contribution in [0.3, 0.4) is 0 Å². The lowest BCUT2D eigenvalue weighted by Gasteiger charge is -2.15. The van der Waals surface area contributed by atoms with Gasteiger partial charge in [-0.2, -0.15) is 0 Å². The van der Waals surface area contributed by atoms with Gasteiger partial charge in [0.2, 0.25) is 0 Å². The highest BCUT2D eigenvalue weighted by Gasteiger charge is 2.16. The van der Waals surface area contributed by atoms with Crippen molar-refractivity contribution in [3.05, 3.63) is 38.3 Å². The molecule has 0 saturated heterocycles. The van der Waals surface area contributed by atoms with E-state index in [9.17, 15) is 14.9 Å². The molecule has 0 saturated carbocycles. The van der Waals surface area contributed by atoms with Crippen LogP contribution in [-0.4, -0.2) is 22.2 Å². The number of non-ortho nitro benzene ring substituents is 1. The number of amides is 1. The van der Waals surface area contributed by atoms with E-state index in [1.807, 2.05) is 13.8 Å². The highest BCUT2D eigenvalue weighted by molar-refractivity contribution is 9.10. The summed E-state index contributed by atoms with van der Waals surface area (Å²) in [4.78, 5) is 22.2. The number of hydrogen-bond acceptors (Lipinski definition) is 3. The molecule has 1 aromatic rings. The molecule has 1 amide bonds. The van der Waals surface area contributed by atoms with Gasteiger partial charge in [0.15, 0.2) is 0 Å². The summed E-state index contributed by atoms with van der Waals surface area (Å²) in [5.74, 6) is -0.353. The molecular formula is C12H14BrClN2O3. The Morgan fingerprint density at radius 2 is 2.11 bits per heavy atom. The maximum absolute atomic E-state index is 12.0. The summed E-state index contributed by atoms with van der Waals surface area (Å²) in [6.45, 7) is 3.68. The molecule has 0 bridgehead atoms. The van der Waals surface area contributed by atoms with Crippen molar-refractivity contribution in [1.29, 1.82) is 0 Å². The summed E-state index contributed by atoms with van der Waals surface area (Å²) in [6, 6.07) is 4.04. The Kier molecular flexibility index (Phi) is 5.75. The SMILES string of the molecule is CC(Cl)CC(C)NC(=O)c1cc(Br)cc([N+](=O)[O-])c1. The van der Waals surface area contributed by atoms with E-state index >= 15 is 0 Å². The van der Waals surface area contributed by atoms with E-state index in [0.717, 1.165) is 0 Å². The van der Waals surface area contributed by atoms with E-state index in [0.29, 0.717) is 10.9 Å². The van der Waals surface area contributed by atoms with Crippen LogP contribution in [0.4, 0.5) is 5.69 Å². The van der Waals surface area contributed by atoms with Crippen molar-refractivity contribution < 1.29 is 9.72 Å². The van der Waals surface area contributed by atoms with Gasteiger partial charge < -0.3 is 5.32 Å². The zero-order chi connectivity index (χ0) is 14.6. The lowest BCUT2D eigenvalue weighted by Crippen LogP contribution is -2.33. The molecule has 0 radical (unpaired) electrons. The van der Waals surface area contributed by atoms with Gasteiger partial charge in [0, 0.05) is 33.6 Å². The Labute approximate surface area is 124 Å². The van der Waals surface area contributed by atoms with Gasteiger partial charge in [-0.3, -0.25) is 14.9 Å². The summed E-state index contributed by atoms with van der Waals surface area (Å²) >= 11 is 9.00. The predicted molar refractivity (Wildman–Crippen MR) is 77.7 cm³/mol. The maximum Gasteiger partial charge on any atom is 0.271 e. The van der Waals surface area contributed by atoms with Crippen LogP contribution in [-0.2, 0) is 0 Å². The first-order valence-corrected chi connectivity index (χ1v) is 6.92. The first-order chi connectivity index (χ1) is 8.79. The number of carbonyl (C=O) groups is 1. The van der Waals surface area contributed by atoms with Crippen LogP contribution in [0.25, 0.3) is 0 Å². The second kappa shape index (κ2) is 6.86. The third kappa shape index (κ3) is 5.16. The Hall–Kier alpha value is -1.14. The average Bonchev–Trinajstić information content (AvgIpc) is 2.26. The van der Waals surface area contributed by atoms with Crippen molar-refractivity contribution >= 4 is 39.1 Å². The fourth-order valence-electron chi connectivity index (χ4n) is 1.66. The molecule has 19 heavy (non-hydrogen) atoms. The second-order valence-electron chi connectivity index (χ2n) is 4.35. The lowest BCUT2D eigenvalue weighted by molar-refractivity contribution is -0.385. The van der Waals surface area contributed by atoms with Gasteiger partial charge in [-0.05, 0) is 26.3 Å². The molecule has 0 aliphatic rings. The van der Waals surface area contributed by atoms with Crippen LogP contribution in [0, 0.1) is 10.1 Å². The largest absolute Gasteiger partial charge is 0.350 e. The number of nitrogens with zero attached hydrogens (tertiary/aromatic N) is 1. The zero-order valence-electron chi connectivity index (χ0n) is 10.5. The van der Waals surface area contributed by atoms with Crippen molar-refractivity contribution in [3.63, 3.8) is 0 Å². The molecule has 2 atom stereocenters. The molecule has 2 unspecified atom stereocenters. The molecule has 5 nitrogen and oxygen atoms in total. The maximum atomic E-state index is 12.0. The second-order valence-corrected chi connectivity index (χ2v) is 6.01. The van der Waals surface area contributed by atoms with E-state index in [1.165, 1.54) is 12.1 Å². The standard InChI is InChI=1S/C12H14BrClN2O3/c1-7(14)3-8(2)15-12(17)9-4-10(13)6-11(5-9)16(18)19/h4-8H,3H2,1-2H3,(H,15,17). The summed E-state index contributed by atoms with van der Waals surface area (Å²) < 4.78 is 0.491. The van der Waals surface area contributed by atoms with Crippen molar-refractivity contribution in [3.8, 4) is 0 Å². The fraction of sp³-hybridized carbons (Fsp3) is 0.417. The first kappa shape index (κ1) is 15.9. The van der Waals surface area contributed by atoms with Crippen LogP contribution < -0.4 is 5.32 Å². The predicted octanol–water partition coefficient (Wildman–Crippen LogP) is 3.49. The van der Waals surface area contributed by atoms with Gasteiger partial charge >= 0.3 is 0 Å². The number of nitro groups is 1. The minimum Gasteiger partial charge on any atom is -0.350 e. The minimum atomic E-state index is -0.536. The molecule has 0 aliphatic carbocycles. The fourth-order valence-corrected chi connectivity index (χ4v) is 2.41.